The van der Waals surface area contributed by atoms with Crippen LogP contribution in [-0.2, 0) is 11.5 Å². The van der Waals surface area contributed by atoms with Crippen LogP contribution in [0.5, 0.6) is 17.2 Å². The van der Waals surface area contributed by atoms with Crippen molar-refractivity contribution in [2.75, 3.05) is 13.7 Å². The molecule has 1 N–H and O–H groups in total. The van der Waals surface area contributed by atoms with Gasteiger partial charge in [0.2, 0.25) is 0 Å². The van der Waals surface area contributed by atoms with Crippen molar-refractivity contribution in [3.63, 3.8) is 0 Å². The summed E-state index contributed by atoms with van der Waals surface area (Å²) in [5.74, 6) is -0.412. The quantitative estimate of drug-likeness (QED) is 0.354. The molecule has 8 heteroatoms. The third-order valence-electron chi connectivity index (χ3n) is 5.43. The van der Waals surface area contributed by atoms with E-state index < -0.39 is 17.2 Å². The standard InChI is InChI=1S/C27H24FNO6/c1-3-14-34-23-13-12-22(28)24-25(23)29(16-35-27(32)18-4-8-19(30)9-5-18)15-21(26(24)31)17-6-10-20(33-2)11-7-17/h4-13,15,30H,3,14,16H2,1-2H3. The Hall–Kier alpha value is -4.33. The molecule has 0 bridgehead atoms. The van der Waals surface area contributed by atoms with Gasteiger partial charge in [0.1, 0.15) is 28.6 Å². The molecule has 0 saturated carbocycles. The molecule has 0 unspecified atom stereocenters. The van der Waals surface area contributed by atoms with Crippen LogP contribution < -0.4 is 14.9 Å². The average molecular weight is 477 g/mol. The lowest BCUT2D eigenvalue weighted by atomic mass is 10.0. The summed E-state index contributed by atoms with van der Waals surface area (Å²) in [6, 6.07) is 15.1. The summed E-state index contributed by atoms with van der Waals surface area (Å²) in [5.41, 5.74) is 0.699. The number of rotatable bonds is 8. The number of carbonyl (C=O) groups excluding carboxylic acids is 1. The number of benzene rings is 3. The smallest absolute Gasteiger partial charge is 0.339 e. The molecule has 1 heterocycles. The van der Waals surface area contributed by atoms with Crippen LogP contribution in [0, 0.1) is 5.82 Å². The summed E-state index contributed by atoms with van der Waals surface area (Å²) >= 11 is 0. The zero-order valence-corrected chi connectivity index (χ0v) is 19.3. The average Bonchev–Trinajstić information content (AvgIpc) is 2.88. The second-order valence-electron chi connectivity index (χ2n) is 7.80. The van der Waals surface area contributed by atoms with Crippen molar-refractivity contribution in [3.8, 4) is 28.4 Å². The van der Waals surface area contributed by atoms with Crippen LogP contribution in [0.25, 0.3) is 22.0 Å². The van der Waals surface area contributed by atoms with Gasteiger partial charge in [-0.25, -0.2) is 9.18 Å². The Balaban J connectivity index is 1.83. The molecular weight excluding hydrogens is 453 g/mol. The first-order chi connectivity index (χ1) is 16.9. The van der Waals surface area contributed by atoms with Crippen molar-refractivity contribution in [2.45, 2.75) is 20.1 Å². The number of halogens is 1. The number of aromatic nitrogens is 1. The summed E-state index contributed by atoms with van der Waals surface area (Å²) < 4.78 is 33.0. The van der Waals surface area contributed by atoms with E-state index in [4.69, 9.17) is 14.2 Å². The maximum Gasteiger partial charge on any atom is 0.339 e. The number of esters is 1. The molecule has 0 spiro atoms. The molecule has 0 aliphatic rings. The van der Waals surface area contributed by atoms with E-state index in [0.717, 1.165) is 0 Å². The first-order valence-electron chi connectivity index (χ1n) is 11.0. The first-order valence-corrected chi connectivity index (χ1v) is 11.0. The van der Waals surface area contributed by atoms with Gasteiger partial charge in [0.05, 0.1) is 24.7 Å². The van der Waals surface area contributed by atoms with E-state index in [-0.39, 0.29) is 34.5 Å². The molecule has 35 heavy (non-hydrogen) atoms. The lowest BCUT2D eigenvalue weighted by molar-refractivity contribution is 0.0378. The number of nitrogens with zero attached hydrogens (tertiary/aromatic N) is 1. The summed E-state index contributed by atoms with van der Waals surface area (Å²) in [6.45, 7) is 1.99. The fourth-order valence-corrected chi connectivity index (χ4v) is 3.68. The fraction of sp³-hybridized carbons (Fsp3) is 0.185. The van der Waals surface area contributed by atoms with Gasteiger partial charge in [-0.15, -0.1) is 0 Å². The van der Waals surface area contributed by atoms with Crippen LogP contribution in [0.15, 0.2) is 71.7 Å². The van der Waals surface area contributed by atoms with Crippen molar-refractivity contribution in [1.82, 2.24) is 4.57 Å². The highest BCUT2D eigenvalue weighted by molar-refractivity contribution is 5.90. The van der Waals surface area contributed by atoms with Crippen LogP contribution in [0.3, 0.4) is 0 Å². The number of hydrogen-bond acceptors (Lipinski definition) is 6. The molecule has 1 aromatic heterocycles. The number of pyridine rings is 1. The third-order valence-corrected chi connectivity index (χ3v) is 5.43. The van der Waals surface area contributed by atoms with Gasteiger partial charge in [0, 0.05) is 11.8 Å². The predicted molar refractivity (Wildman–Crippen MR) is 129 cm³/mol. The van der Waals surface area contributed by atoms with Gasteiger partial charge < -0.3 is 23.9 Å². The van der Waals surface area contributed by atoms with Crippen molar-refractivity contribution < 1.29 is 28.5 Å². The first kappa shape index (κ1) is 23.8. The Morgan fingerprint density at radius 3 is 2.40 bits per heavy atom. The van der Waals surface area contributed by atoms with E-state index >= 15 is 4.39 Å². The Morgan fingerprint density at radius 2 is 1.74 bits per heavy atom. The lowest BCUT2D eigenvalue weighted by Gasteiger charge is -2.17. The number of phenols is 1. The maximum absolute atomic E-state index is 15.0. The van der Waals surface area contributed by atoms with Crippen LogP contribution in [0.4, 0.5) is 4.39 Å². The minimum atomic E-state index is -0.706. The SMILES string of the molecule is CCCOc1ccc(F)c2c(=O)c(-c3ccc(OC)cc3)cn(COC(=O)c3ccc(O)cc3)c12. The number of methoxy groups -OCH3 is 1. The molecule has 0 fully saturated rings. The van der Waals surface area contributed by atoms with Crippen LogP contribution in [0.1, 0.15) is 23.7 Å². The van der Waals surface area contributed by atoms with Gasteiger partial charge >= 0.3 is 5.97 Å². The molecule has 180 valence electrons. The van der Waals surface area contributed by atoms with Crippen LogP contribution in [-0.4, -0.2) is 29.4 Å². The van der Waals surface area contributed by atoms with E-state index in [1.807, 2.05) is 6.92 Å². The summed E-state index contributed by atoms with van der Waals surface area (Å²) in [4.78, 5) is 26.0. The molecular formula is C27H24FNO6. The molecule has 4 rings (SSSR count). The number of aromatic hydroxyl groups is 1. The number of phenolic OH excluding ortho intramolecular Hbond substituents is 1. The largest absolute Gasteiger partial charge is 0.508 e. The molecule has 0 amide bonds. The Morgan fingerprint density at radius 1 is 1.03 bits per heavy atom. The van der Waals surface area contributed by atoms with Crippen molar-refractivity contribution in [3.05, 3.63) is 88.5 Å². The predicted octanol–water partition coefficient (Wildman–Crippen LogP) is 5.13. The number of carbonyl (C=O) groups is 1. The maximum atomic E-state index is 15.0. The molecule has 7 nitrogen and oxygen atoms in total. The van der Waals surface area contributed by atoms with Gasteiger partial charge in [-0.05, 0) is 60.5 Å². The second kappa shape index (κ2) is 10.3. The van der Waals surface area contributed by atoms with Crippen molar-refractivity contribution >= 4 is 16.9 Å². The topological polar surface area (TPSA) is 87.0 Å². The Labute approximate surface area is 200 Å². The fourth-order valence-electron chi connectivity index (χ4n) is 3.68. The third kappa shape index (κ3) is 4.96. The van der Waals surface area contributed by atoms with Gasteiger partial charge in [0.15, 0.2) is 12.2 Å². The highest BCUT2D eigenvalue weighted by Crippen LogP contribution is 2.30. The van der Waals surface area contributed by atoms with E-state index in [0.29, 0.717) is 30.1 Å². The van der Waals surface area contributed by atoms with E-state index in [2.05, 4.69) is 0 Å². The zero-order valence-electron chi connectivity index (χ0n) is 19.3. The van der Waals surface area contributed by atoms with Gasteiger partial charge in [-0.2, -0.15) is 0 Å². The molecule has 4 aromatic rings. The zero-order chi connectivity index (χ0) is 24.9. The Bertz CT molecular complexity index is 1410. The number of fused-ring (bicyclic) bond motifs is 1. The lowest BCUT2D eigenvalue weighted by Crippen LogP contribution is -2.17. The minimum Gasteiger partial charge on any atom is -0.508 e. The highest BCUT2D eigenvalue weighted by Gasteiger charge is 2.19. The van der Waals surface area contributed by atoms with Crippen molar-refractivity contribution in [2.24, 2.45) is 0 Å². The van der Waals surface area contributed by atoms with Crippen molar-refractivity contribution in [1.29, 1.82) is 0 Å². The molecule has 0 aliphatic heterocycles. The summed E-state index contributed by atoms with van der Waals surface area (Å²) in [6.07, 6.45) is 2.23. The van der Waals surface area contributed by atoms with E-state index in [1.54, 1.807) is 24.3 Å². The van der Waals surface area contributed by atoms with Crippen LogP contribution in [0.2, 0.25) is 0 Å². The van der Waals surface area contributed by atoms with E-state index in [1.165, 1.54) is 54.3 Å². The highest BCUT2D eigenvalue weighted by atomic mass is 19.1. The summed E-state index contributed by atoms with van der Waals surface area (Å²) in [5, 5.41) is 9.29. The summed E-state index contributed by atoms with van der Waals surface area (Å²) in [7, 11) is 1.54. The van der Waals surface area contributed by atoms with Gasteiger partial charge in [-0.3, -0.25) is 4.79 Å². The minimum absolute atomic E-state index is 0.0188. The molecule has 0 radical (unpaired) electrons. The van der Waals surface area contributed by atoms with E-state index in [9.17, 15) is 14.7 Å². The van der Waals surface area contributed by atoms with Crippen LogP contribution >= 0.6 is 0 Å². The number of ether oxygens (including phenoxy) is 3. The van der Waals surface area contributed by atoms with Gasteiger partial charge in [0.25, 0.3) is 0 Å². The molecule has 3 aromatic carbocycles. The second-order valence-corrected chi connectivity index (χ2v) is 7.80. The Kier molecular flexibility index (Phi) is 7.01. The molecule has 0 aliphatic carbocycles. The monoisotopic (exact) mass is 477 g/mol. The molecule has 0 atom stereocenters. The molecule has 0 saturated heterocycles. The number of hydrogen-bond donors (Lipinski definition) is 1. The van der Waals surface area contributed by atoms with Gasteiger partial charge in [-0.1, -0.05) is 19.1 Å². The normalized spacial score (nSPS) is 10.8.